The molecule has 0 radical (unpaired) electrons. The summed E-state index contributed by atoms with van der Waals surface area (Å²) in [6.07, 6.45) is 4.44. The van der Waals surface area contributed by atoms with E-state index in [0.29, 0.717) is 6.54 Å². The third kappa shape index (κ3) is 2.85. The molecule has 22 heavy (non-hydrogen) atoms. The number of nitrogens with two attached hydrogens (primary N) is 1. The topological polar surface area (TPSA) is 77.0 Å². The van der Waals surface area contributed by atoms with E-state index >= 15 is 0 Å². The fourth-order valence-corrected chi connectivity index (χ4v) is 2.94. The average molecular weight is 303 g/mol. The number of nitrogens with zero attached hydrogens (tertiary/aromatic N) is 4. The number of likely N-dealkylation sites (tertiary alicyclic amines) is 1. The van der Waals surface area contributed by atoms with Gasteiger partial charge < -0.3 is 5.73 Å². The second kappa shape index (κ2) is 5.84. The van der Waals surface area contributed by atoms with Gasteiger partial charge in [0.05, 0.1) is 11.7 Å². The maximum absolute atomic E-state index is 13.6. The molecule has 1 saturated heterocycles. The summed E-state index contributed by atoms with van der Waals surface area (Å²) in [4.78, 5) is 17.3. The minimum absolute atomic E-state index is 0.167. The summed E-state index contributed by atoms with van der Waals surface area (Å²) >= 11 is 0. The van der Waals surface area contributed by atoms with Crippen molar-refractivity contribution in [2.75, 3.05) is 6.54 Å². The lowest BCUT2D eigenvalue weighted by molar-refractivity contribution is -0.122. The van der Waals surface area contributed by atoms with Gasteiger partial charge in [-0.2, -0.15) is 5.10 Å². The Labute approximate surface area is 127 Å². The maximum Gasteiger partial charge on any atom is 0.234 e. The molecule has 2 aromatic heterocycles. The molecule has 2 N–H and O–H groups in total. The van der Waals surface area contributed by atoms with Gasteiger partial charge in [-0.25, -0.2) is 4.39 Å². The molecule has 0 unspecified atom stereocenters. The molecule has 1 fully saturated rings. The fraction of sp³-hybridized carbons (Fsp3) is 0.400. The summed E-state index contributed by atoms with van der Waals surface area (Å²) in [6, 6.07) is 3.19. The van der Waals surface area contributed by atoms with Crippen LogP contribution in [0.25, 0.3) is 11.3 Å². The fourth-order valence-electron chi connectivity index (χ4n) is 2.94. The molecule has 3 rings (SSSR count). The highest BCUT2D eigenvalue weighted by Gasteiger charge is 2.36. The lowest BCUT2D eigenvalue weighted by atomic mass is 10.1. The molecule has 0 bridgehead atoms. The van der Waals surface area contributed by atoms with Crippen LogP contribution in [0.3, 0.4) is 0 Å². The molecule has 7 heteroatoms. The first-order valence-electron chi connectivity index (χ1n) is 7.15. The Hall–Kier alpha value is -2.28. The van der Waals surface area contributed by atoms with Gasteiger partial charge in [0.2, 0.25) is 5.91 Å². The predicted octanol–water partition coefficient (Wildman–Crippen LogP) is 0.880. The number of carbonyl (C=O) groups is 1. The van der Waals surface area contributed by atoms with Crippen LogP contribution in [0.5, 0.6) is 0 Å². The van der Waals surface area contributed by atoms with Crippen LogP contribution < -0.4 is 5.73 Å². The monoisotopic (exact) mass is 303 g/mol. The molecule has 1 aliphatic heterocycles. The first-order valence-corrected chi connectivity index (χ1v) is 7.15. The zero-order valence-electron chi connectivity index (χ0n) is 12.3. The SMILES string of the molecule is Cn1cc(CN2C[C@H](F)C[C@H]2C(N)=O)c(-c2ccncc2)n1. The second-order valence-electron chi connectivity index (χ2n) is 5.59. The van der Waals surface area contributed by atoms with E-state index in [2.05, 4.69) is 10.1 Å². The van der Waals surface area contributed by atoms with Crippen molar-refractivity contribution in [3.05, 3.63) is 36.3 Å². The lowest BCUT2D eigenvalue weighted by Crippen LogP contribution is -2.39. The summed E-state index contributed by atoms with van der Waals surface area (Å²) in [5.74, 6) is -0.477. The number of aromatic nitrogens is 3. The third-order valence-electron chi connectivity index (χ3n) is 3.91. The molecular formula is C15H18FN5O. The van der Waals surface area contributed by atoms with Crippen LogP contribution in [0.1, 0.15) is 12.0 Å². The molecule has 0 spiro atoms. The van der Waals surface area contributed by atoms with E-state index in [0.717, 1.165) is 16.8 Å². The van der Waals surface area contributed by atoms with Gasteiger partial charge >= 0.3 is 0 Å². The normalized spacial score (nSPS) is 22.1. The largest absolute Gasteiger partial charge is 0.368 e. The minimum Gasteiger partial charge on any atom is -0.368 e. The molecule has 1 aliphatic rings. The number of primary amides is 1. The van der Waals surface area contributed by atoms with Crippen LogP contribution in [0.4, 0.5) is 4.39 Å². The zero-order valence-corrected chi connectivity index (χ0v) is 12.3. The highest BCUT2D eigenvalue weighted by atomic mass is 19.1. The number of halogens is 1. The van der Waals surface area contributed by atoms with Gasteiger partial charge in [-0.15, -0.1) is 0 Å². The Kier molecular flexibility index (Phi) is 3.89. The Balaban J connectivity index is 1.88. The Bertz CT molecular complexity index is 672. The smallest absolute Gasteiger partial charge is 0.234 e. The number of rotatable bonds is 4. The van der Waals surface area contributed by atoms with Crippen molar-refractivity contribution in [3.8, 4) is 11.3 Å². The number of aryl methyl sites for hydroxylation is 1. The van der Waals surface area contributed by atoms with Gasteiger partial charge in [-0.05, 0) is 12.1 Å². The van der Waals surface area contributed by atoms with Gasteiger partial charge in [0.25, 0.3) is 0 Å². The molecule has 0 aromatic carbocycles. The van der Waals surface area contributed by atoms with Gasteiger partial charge in [-0.3, -0.25) is 19.4 Å². The van der Waals surface area contributed by atoms with Crippen molar-refractivity contribution in [2.24, 2.45) is 12.8 Å². The van der Waals surface area contributed by atoms with Crippen LogP contribution in [0.2, 0.25) is 0 Å². The highest BCUT2D eigenvalue weighted by molar-refractivity contribution is 5.80. The quantitative estimate of drug-likeness (QED) is 0.909. The summed E-state index contributed by atoms with van der Waals surface area (Å²) in [5.41, 5.74) is 8.08. The van der Waals surface area contributed by atoms with Gasteiger partial charge in [0, 0.05) is 56.3 Å². The van der Waals surface area contributed by atoms with Crippen LogP contribution in [-0.4, -0.2) is 44.3 Å². The molecule has 0 saturated carbocycles. The standard InChI is InChI=1S/C15H18FN5O/c1-20-7-11(14(19-20)10-2-4-18-5-3-10)8-21-9-12(16)6-13(21)15(17)22/h2-5,7,12-13H,6,8-9H2,1H3,(H2,17,22)/t12-,13+/m1/s1. The zero-order chi connectivity index (χ0) is 15.7. The van der Waals surface area contributed by atoms with Crippen molar-refractivity contribution >= 4 is 5.91 Å². The van der Waals surface area contributed by atoms with E-state index < -0.39 is 18.1 Å². The van der Waals surface area contributed by atoms with E-state index in [1.54, 1.807) is 22.0 Å². The number of hydrogen-bond acceptors (Lipinski definition) is 4. The average Bonchev–Trinajstić information content (AvgIpc) is 3.03. The van der Waals surface area contributed by atoms with Crippen LogP contribution in [-0.2, 0) is 18.4 Å². The predicted molar refractivity (Wildman–Crippen MR) is 79.3 cm³/mol. The van der Waals surface area contributed by atoms with Gasteiger partial charge in [0.15, 0.2) is 0 Å². The molecule has 6 nitrogen and oxygen atoms in total. The van der Waals surface area contributed by atoms with Crippen molar-refractivity contribution in [3.63, 3.8) is 0 Å². The summed E-state index contributed by atoms with van der Waals surface area (Å²) in [5, 5.41) is 4.46. The van der Waals surface area contributed by atoms with E-state index in [1.165, 1.54) is 0 Å². The number of hydrogen-bond donors (Lipinski definition) is 1. The number of pyridine rings is 1. The van der Waals surface area contributed by atoms with E-state index in [1.807, 2.05) is 25.4 Å². The number of alkyl halides is 1. The molecule has 3 heterocycles. The molecule has 0 aliphatic carbocycles. The number of amides is 1. The van der Waals surface area contributed by atoms with Crippen molar-refractivity contribution in [1.82, 2.24) is 19.7 Å². The summed E-state index contributed by atoms with van der Waals surface area (Å²) in [7, 11) is 1.84. The van der Waals surface area contributed by atoms with E-state index in [-0.39, 0.29) is 13.0 Å². The molecule has 116 valence electrons. The van der Waals surface area contributed by atoms with E-state index in [9.17, 15) is 9.18 Å². The third-order valence-corrected chi connectivity index (χ3v) is 3.91. The first-order chi connectivity index (χ1) is 10.5. The molecule has 2 aromatic rings. The Morgan fingerprint density at radius 1 is 1.45 bits per heavy atom. The lowest BCUT2D eigenvalue weighted by Gasteiger charge is -2.21. The molecular weight excluding hydrogens is 285 g/mol. The summed E-state index contributed by atoms with van der Waals surface area (Å²) in [6.45, 7) is 0.664. The Morgan fingerprint density at radius 3 is 2.86 bits per heavy atom. The maximum atomic E-state index is 13.6. The van der Waals surface area contributed by atoms with E-state index in [4.69, 9.17) is 5.73 Å². The minimum atomic E-state index is -1.02. The molecule has 1 amide bonds. The van der Waals surface area contributed by atoms with Gasteiger partial charge in [-0.1, -0.05) is 0 Å². The Morgan fingerprint density at radius 2 is 2.18 bits per heavy atom. The first kappa shape index (κ1) is 14.6. The van der Waals surface area contributed by atoms with Crippen molar-refractivity contribution in [1.29, 1.82) is 0 Å². The van der Waals surface area contributed by atoms with Crippen molar-refractivity contribution in [2.45, 2.75) is 25.2 Å². The highest BCUT2D eigenvalue weighted by Crippen LogP contribution is 2.27. The van der Waals surface area contributed by atoms with Crippen LogP contribution >= 0.6 is 0 Å². The second-order valence-corrected chi connectivity index (χ2v) is 5.59. The summed E-state index contributed by atoms with van der Waals surface area (Å²) < 4.78 is 15.4. The number of carbonyl (C=O) groups excluding carboxylic acids is 1. The van der Waals surface area contributed by atoms with Crippen molar-refractivity contribution < 1.29 is 9.18 Å². The molecule has 2 atom stereocenters. The van der Waals surface area contributed by atoms with Crippen LogP contribution in [0, 0.1) is 0 Å². The van der Waals surface area contributed by atoms with Gasteiger partial charge in [0.1, 0.15) is 6.17 Å². The van der Waals surface area contributed by atoms with Crippen LogP contribution in [0.15, 0.2) is 30.7 Å².